The third-order valence-corrected chi connectivity index (χ3v) is 4.83. The fourth-order valence-electron chi connectivity index (χ4n) is 3.07. The molecule has 0 saturated heterocycles. The van der Waals surface area contributed by atoms with Crippen LogP contribution >= 0.6 is 11.6 Å². The number of aromatic nitrogens is 1. The van der Waals surface area contributed by atoms with Crippen LogP contribution in [0.3, 0.4) is 0 Å². The number of rotatable bonds is 6. The van der Waals surface area contributed by atoms with Crippen LogP contribution in [0.4, 0.5) is 10.5 Å². The maximum absolute atomic E-state index is 12.5. The summed E-state index contributed by atoms with van der Waals surface area (Å²) in [6, 6.07) is 13.6. The van der Waals surface area contributed by atoms with Crippen molar-refractivity contribution in [2.45, 2.75) is 12.5 Å². The molecule has 0 aliphatic carbocycles. The molecule has 0 aliphatic heterocycles. The fourth-order valence-corrected chi connectivity index (χ4v) is 3.26. The minimum absolute atomic E-state index is 0. The Morgan fingerprint density at radius 3 is 2.44 bits per heavy atom. The molecule has 0 spiro atoms. The largest absolute Gasteiger partial charge is 1.00 e. The molecule has 3 aromatic rings. The first-order valence-electron chi connectivity index (χ1n) is 9.26. The van der Waals surface area contributed by atoms with E-state index in [1.807, 2.05) is 12.1 Å². The summed E-state index contributed by atoms with van der Waals surface area (Å²) in [7, 11) is 1.44. The maximum Gasteiger partial charge on any atom is 1.00 e. The van der Waals surface area contributed by atoms with Crippen molar-refractivity contribution in [2.24, 2.45) is 7.05 Å². The van der Waals surface area contributed by atoms with Crippen molar-refractivity contribution in [2.75, 3.05) is 5.32 Å². The number of carboxylic acid groups (broad SMARTS) is 1. The van der Waals surface area contributed by atoms with E-state index < -0.39 is 41.5 Å². The van der Waals surface area contributed by atoms with E-state index in [1.165, 1.54) is 13.2 Å². The first-order chi connectivity index (χ1) is 14.7. The zero-order valence-corrected chi connectivity index (χ0v) is 20.2. The Balaban J connectivity index is 0.00000363. The molecular weight excluding hydrogens is 445 g/mol. The van der Waals surface area contributed by atoms with Crippen LogP contribution < -0.4 is 50.9 Å². The van der Waals surface area contributed by atoms with Gasteiger partial charge in [-0.1, -0.05) is 53.7 Å². The summed E-state index contributed by atoms with van der Waals surface area (Å²) in [5, 5.41) is 26.6. The van der Waals surface area contributed by atoms with Gasteiger partial charge in [0, 0.05) is 18.3 Å². The molecule has 8 nitrogen and oxygen atoms in total. The summed E-state index contributed by atoms with van der Waals surface area (Å²) < 4.78 is 1.15. The normalized spacial score (nSPS) is 11.2. The molecule has 10 heteroatoms. The second-order valence-corrected chi connectivity index (χ2v) is 7.29. The molecule has 1 heterocycles. The zero-order valence-electron chi connectivity index (χ0n) is 17.5. The second kappa shape index (κ2) is 11.2. The number of aryl methyl sites for hydroxylation is 1. The number of aliphatic carboxylic acids is 1. The van der Waals surface area contributed by atoms with E-state index in [4.69, 9.17) is 11.6 Å². The summed E-state index contributed by atoms with van der Waals surface area (Å²) in [6.07, 6.45) is 0.895. The zero-order chi connectivity index (χ0) is 22.5. The average molecular weight is 464 g/mol. The molecule has 32 heavy (non-hydrogen) atoms. The van der Waals surface area contributed by atoms with Crippen molar-refractivity contribution < 1.29 is 49.4 Å². The number of pyridine rings is 1. The monoisotopic (exact) mass is 463 g/mol. The summed E-state index contributed by atoms with van der Waals surface area (Å²) in [6.45, 7) is 0. The number of nitrogens with zero attached hydrogens (tertiary/aromatic N) is 1. The van der Waals surface area contributed by atoms with E-state index in [0.717, 1.165) is 21.8 Å². The number of hydrogen-bond acceptors (Lipinski definition) is 4. The standard InChI is InChI=1S/C22H20ClN3O5.Na/c1-26-9-8-18(27)20(21(26)30)25-22(31)24-17(12-19(28)29)15-6-2-4-13(10-15)14-5-3-7-16(23)11-14;/h2-11,17,27H,12H2,1H3,(H,28,29)(H2,24,25,31);/q;+1/p-1/t17-;/m0./s1. The average Bonchev–Trinajstić information content (AvgIpc) is 2.73. The first kappa shape index (κ1) is 25.5. The van der Waals surface area contributed by atoms with Crippen LogP contribution in [0.5, 0.6) is 5.75 Å². The van der Waals surface area contributed by atoms with Crippen molar-refractivity contribution in [1.29, 1.82) is 0 Å². The summed E-state index contributed by atoms with van der Waals surface area (Å²) in [5.41, 5.74) is 1.08. The first-order valence-corrected chi connectivity index (χ1v) is 9.64. The molecule has 1 atom stereocenters. The number of benzene rings is 2. The topological polar surface area (TPSA) is 123 Å². The molecule has 1 aromatic heterocycles. The van der Waals surface area contributed by atoms with Gasteiger partial charge in [-0.15, -0.1) is 0 Å². The molecule has 0 saturated carbocycles. The van der Waals surface area contributed by atoms with Gasteiger partial charge in [-0.25, -0.2) is 4.79 Å². The number of halogens is 1. The number of amides is 2. The van der Waals surface area contributed by atoms with Crippen molar-refractivity contribution in [3.05, 3.63) is 81.7 Å². The Labute approximate surface area is 211 Å². The molecule has 0 unspecified atom stereocenters. The maximum atomic E-state index is 12.5. The molecule has 0 bridgehead atoms. The van der Waals surface area contributed by atoms with Crippen LogP contribution in [0.25, 0.3) is 11.1 Å². The molecule has 0 fully saturated rings. The minimum Gasteiger partial charge on any atom is -0.871 e. The Morgan fingerprint density at radius 1 is 1.12 bits per heavy atom. The van der Waals surface area contributed by atoms with Gasteiger partial charge in [0.05, 0.1) is 12.5 Å². The van der Waals surface area contributed by atoms with Gasteiger partial charge in [-0.3, -0.25) is 9.59 Å². The van der Waals surface area contributed by atoms with Crippen LogP contribution in [-0.4, -0.2) is 21.7 Å². The molecule has 0 radical (unpaired) electrons. The minimum atomic E-state index is -1.13. The van der Waals surface area contributed by atoms with Crippen LogP contribution in [-0.2, 0) is 11.8 Å². The van der Waals surface area contributed by atoms with Gasteiger partial charge in [-0.2, -0.15) is 0 Å². The van der Waals surface area contributed by atoms with Crippen molar-refractivity contribution in [3.63, 3.8) is 0 Å². The van der Waals surface area contributed by atoms with Crippen molar-refractivity contribution >= 4 is 29.3 Å². The molecule has 3 rings (SSSR count). The Hall–Kier alpha value is -2.78. The van der Waals surface area contributed by atoms with E-state index in [1.54, 1.807) is 36.4 Å². The molecule has 0 aliphatic rings. The quantitative estimate of drug-likeness (QED) is 0.448. The number of carbonyl (C=O) groups is 2. The van der Waals surface area contributed by atoms with E-state index in [-0.39, 0.29) is 29.6 Å². The smallest absolute Gasteiger partial charge is 0.871 e. The van der Waals surface area contributed by atoms with Crippen molar-refractivity contribution in [3.8, 4) is 16.9 Å². The third kappa shape index (κ3) is 6.37. The van der Waals surface area contributed by atoms with Crippen LogP contribution in [0.2, 0.25) is 5.02 Å². The van der Waals surface area contributed by atoms with Crippen molar-refractivity contribution in [1.82, 2.24) is 9.88 Å². The molecule has 2 aromatic carbocycles. The van der Waals surface area contributed by atoms with E-state index in [2.05, 4.69) is 10.6 Å². The number of carboxylic acids is 1. The fraction of sp³-hybridized carbons (Fsp3) is 0.136. The Kier molecular flexibility index (Phi) is 8.91. The molecule has 2 amide bonds. The second-order valence-electron chi connectivity index (χ2n) is 6.86. The van der Waals surface area contributed by atoms with E-state index in [9.17, 15) is 24.6 Å². The number of carbonyl (C=O) groups excluding carboxylic acids is 1. The third-order valence-electron chi connectivity index (χ3n) is 4.60. The number of urea groups is 1. The van der Waals surface area contributed by atoms with E-state index in [0.29, 0.717) is 10.6 Å². The molecular formula is C22H19ClN3NaO5. The predicted molar refractivity (Wildman–Crippen MR) is 115 cm³/mol. The number of nitrogens with one attached hydrogen (secondary N) is 2. The van der Waals surface area contributed by atoms with Crippen LogP contribution in [0.1, 0.15) is 18.0 Å². The number of hydrogen-bond donors (Lipinski definition) is 3. The molecule has 3 N–H and O–H groups in total. The van der Waals surface area contributed by atoms with Crippen LogP contribution in [0.15, 0.2) is 65.6 Å². The van der Waals surface area contributed by atoms with Gasteiger partial charge >= 0.3 is 41.6 Å². The van der Waals surface area contributed by atoms with E-state index >= 15 is 0 Å². The Morgan fingerprint density at radius 2 is 1.78 bits per heavy atom. The summed E-state index contributed by atoms with van der Waals surface area (Å²) in [5.74, 6) is -1.77. The summed E-state index contributed by atoms with van der Waals surface area (Å²) >= 11 is 6.05. The molecule has 160 valence electrons. The van der Waals surface area contributed by atoms with Crippen LogP contribution in [0, 0.1) is 0 Å². The van der Waals surface area contributed by atoms with Gasteiger partial charge in [0.2, 0.25) is 0 Å². The Bertz CT molecular complexity index is 1200. The number of anilines is 1. The van der Waals surface area contributed by atoms with Gasteiger partial charge in [0.25, 0.3) is 5.56 Å². The van der Waals surface area contributed by atoms with Gasteiger partial charge in [0.15, 0.2) is 0 Å². The van der Waals surface area contributed by atoms with Gasteiger partial charge in [0.1, 0.15) is 5.69 Å². The van der Waals surface area contributed by atoms with Gasteiger partial charge in [-0.05, 0) is 34.9 Å². The summed E-state index contributed by atoms with van der Waals surface area (Å²) in [4.78, 5) is 36.0. The van der Waals surface area contributed by atoms with Gasteiger partial charge < -0.3 is 25.4 Å². The predicted octanol–water partition coefficient (Wildman–Crippen LogP) is 0.121. The SMILES string of the molecule is Cn1ccc([O-])c(NC(=O)N[C@@H](CC(=O)O)c2cccc(-c3cccc(Cl)c3)c2)c1=O.[Na+].